The molecule has 0 saturated carbocycles. The first kappa shape index (κ1) is 32.1. The lowest BCUT2D eigenvalue weighted by atomic mass is 9.80. The molecule has 0 spiro atoms. The molecule has 48 heavy (non-hydrogen) atoms. The first-order valence-electron chi connectivity index (χ1n) is 15.0. The number of anilines is 2. The summed E-state index contributed by atoms with van der Waals surface area (Å²) in [5.41, 5.74) is 0.689. The van der Waals surface area contributed by atoms with Crippen LogP contribution in [0.5, 0.6) is 23.0 Å². The summed E-state index contributed by atoms with van der Waals surface area (Å²) in [7, 11) is 4.09. The Labute approximate surface area is 272 Å². The molecule has 5 aromatic rings. The largest absolute Gasteiger partial charge is 0.504 e. The van der Waals surface area contributed by atoms with Gasteiger partial charge in [0.15, 0.2) is 22.4 Å². The number of carboxylic acid groups (broad SMARTS) is 2. The number of aromatic hydroxyl groups is 1. The molecule has 13 nitrogen and oxygen atoms in total. The van der Waals surface area contributed by atoms with Gasteiger partial charge in [-0.15, -0.1) is 0 Å². The molecule has 0 bridgehead atoms. The standard InChI is InChI=1S/C35H32N2O11/c1-13-10-15-23-28-24(33(37-9-7-21(43)44)32(15)36-8-6-20(41)42)16(39)11-18(46-3)26(28)27-19(47-4)12-17(40)25-30(27)29(23)31(22(13)14(2)38)35(48-5)34(25)45/h10-12,22,36-37,45H,6-9H2,1-5H3,(H,41,42)(H,43,44). The fraction of sp³-hybridized carbons (Fsp3) is 0.286. The number of carbonyl (C=O) groups is 3. The number of allylic oxidation sites excluding steroid dienone is 1. The highest BCUT2D eigenvalue weighted by Crippen LogP contribution is 2.58. The molecule has 1 aliphatic rings. The molecule has 0 amide bonds. The van der Waals surface area contributed by atoms with Crippen LogP contribution in [0.4, 0.5) is 11.4 Å². The molecule has 1 aliphatic carbocycles. The highest BCUT2D eigenvalue weighted by molar-refractivity contribution is 6.40. The Balaban J connectivity index is 2.03. The van der Waals surface area contributed by atoms with Gasteiger partial charge < -0.3 is 40.2 Å². The van der Waals surface area contributed by atoms with E-state index in [1.165, 1.54) is 40.4 Å². The zero-order valence-electron chi connectivity index (χ0n) is 26.7. The summed E-state index contributed by atoms with van der Waals surface area (Å²) in [6, 6.07) is 2.50. The van der Waals surface area contributed by atoms with E-state index in [1.807, 2.05) is 0 Å². The van der Waals surface area contributed by atoms with Crippen molar-refractivity contribution in [3.05, 3.63) is 49.3 Å². The monoisotopic (exact) mass is 656 g/mol. The van der Waals surface area contributed by atoms with Gasteiger partial charge in [-0.3, -0.25) is 24.0 Å². The van der Waals surface area contributed by atoms with E-state index < -0.39 is 34.5 Å². The van der Waals surface area contributed by atoms with Crippen LogP contribution in [0.3, 0.4) is 0 Å². The Morgan fingerprint density at radius 1 is 0.729 bits per heavy atom. The average Bonchev–Trinajstić information content (AvgIpc) is 3.15. The summed E-state index contributed by atoms with van der Waals surface area (Å²) in [4.78, 5) is 64.5. The number of carboxylic acids is 2. The van der Waals surface area contributed by atoms with Crippen molar-refractivity contribution < 1.29 is 43.9 Å². The quantitative estimate of drug-likeness (QED) is 0.0931. The predicted octanol–water partition coefficient (Wildman–Crippen LogP) is 4.49. The second-order valence-corrected chi connectivity index (χ2v) is 11.7. The van der Waals surface area contributed by atoms with Gasteiger partial charge in [0.2, 0.25) is 0 Å². The third-order valence-corrected chi connectivity index (χ3v) is 8.96. The molecule has 0 radical (unpaired) electrons. The molecule has 5 aromatic carbocycles. The molecule has 0 fully saturated rings. The highest BCUT2D eigenvalue weighted by Gasteiger charge is 2.37. The number of hydrogen-bond acceptors (Lipinski definition) is 11. The van der Waals surface area contributed by atoms with Crippen molar-refractivity contribution in [1.29, 1.82) is 0 Å². The lowest BCUT2D eigenvalue weighted by Crippen LogP contribution is -2.16. The van der Waals surface area contributed by atoms with E-state index in [2.05, 4.69) is 10.6 Å². The van der Waals surface area contributed by atoms with Crippen molar-refractivity contribution >= 4 is 78.3 Å². The summed E-state index contributed by atoms with van der Waals surface area (Å²) in [6.07, 6.45) is 1.15. The SMILES string of the molecule is COc1c(O)c2c(=O)cc(OC)c3c4c(OC)cc(=O)c5c(NCCC(=O)O)c(NCCC(=O)O)c6c(c(c1C(C(C)=O)C(C)=C6)c23)c54. The summed E-state index contributed by atoms with van der Waals surface area (Å²) < 4.78 is 17.3. The number of rotatable bonds is 12. The third kappa shape index (κ3) is 4.56. The maximum Gasteiger partial charge on any atom is 0.305 e. The minimum absolute atomic E-state index is 0.0720. The van der Waals surface area contributed by atoms with E-state index in [4.69, 9.17) is 14.2 Å². The van der Waals surface area contributed by atoms with Crippen molar-refractivity contribution in [3.63, 3.8) is 0 Å². The van der Waals surface area contributed by atoms with Crippen LogP contribution in [0.2, 0.25) is 0 Å². The summed E-state index contributed by atoms with van der Waals surface area (Å²) >= 11 is 0. The van der Waals surface area contributed by atoms with Gasteiger partial charge >= 0.3 is 11.9 Å². The number of hydrogen-bond donors (Lipinski definition) is 5. The van der Waals surface area contributed by atoms with Crippen LogP contribution >= 0.6 is 0 Å². The molecule has 0 saturated heterocycles. The van der Waals surface area contributed by atoms with Gasteiger partial charge in [0.25, 0.3) is 0 Å². The third-order valence-electron chi connectivity index (χ3n) is 8.96. The zero-order valence-corrected chi connectivity index (χ0v) is 26.7. The van der Waals surface area contributed by atoms with Crippen LogP contribution in [0, 0.1) is 0 Å². The molecular weight excluding hydrogens is 624 g/mol. The number of fused-ring (bicyclic) bond motifs is 1. The number of phenolic OH excluding ortho intramolecular Hbond substituents is 1. The van der Waals surface area contributed by atoms with Crippen LogP contribution in [0.15, 0.2) is 27.3 Å². The maximum atomic E-state index is 14.2. The van der Waals surface area contributed by atoms with Crippen molar-refractivity contribution in [1.82, 2.24) is 0 Å². The van der Waals surface area contributed by atoms with Gasteiger partial charge in [-0.25, -0.2) is 0 Å². The Morgan fingerprint density at radius 2 is 1.25 bits per heavy atom. The van der Waals surface area contributed by atoms with Gasteiger partial charge in [0.05, 0.1) is 62.2 Å². The van der Waals surface area contributed by atoms with Crippen molar-refractivity contribution in [2.24, 2.45) is 0 Å². The van der Waals surface area contributed by atoms with E-state index in [9.17, 15) is 39.3 Å². The minimum atomic E-state index is -1.08. The summed E-state index contributed by atoms with van der Waals surface area (Å²) in [6.45, 7) is 2.96. The molecule has 248 valence electrons. The van der Waals surface area contributed by atoms with Crippen LogP contribution < -0.4 is 35.7 Å². The van der Waals surface area contributed by atoms with Crippen molar-refractivity contribution in [2.75, 3.05) is 45.1 Å². The summed E-state index contributed by atoms with van der Waals surface area (Å²) in [5, 5.41) is 39.0. The van der Waals surface area contributed by atoms with Gasteiger partial charge in [-0.1, -0.05) is 11.6 Å². The van der Waals surface area contributed by atoms with E-state index in [0.29, 0.717) is 43.8 Å². The van der Waals surface area contributed by atoms with Crippen LogP contribution in [0.25, 0.3) is 49.2 Å². The topological polar surface area (TPSA) is 198 Å². The number of methoxy groups -OCH3 is 3. The average molecular weight is 657 g/mol. The fourth-order valence-electron chi connectivity index (χ4n) is 7.24. The number of benzene rings is 5. The van der Waals surface area contributed by atoms with E-state index in [1.54, 1.807) is 13.0 Å². The predicted molar refractivity (Wildman–Crippen MR) is 181 cm³/mol. The first-order valence-corrected chi connectivity index (χ1v) is 15.0. The fourth-order valence-corrected chi connectivity index (χ4v) is 7.24. The molecule has 1 unspecified atom stereocenters. The second kappa shape index (κ2) is 11.7. The molecule has 13 heteroatoms. The van der Waals surface area contributed by atoms with Crippen LogP contribution in [0.1, 0.15) is 43.7 Å². The number of carbonyl (C=O) groups excluding carboxylic acids is 1. The first-order chi connectivity index (χ1) is 22.9. The van der Waals surface area contributed by atoms with Crippen LogP contribution in [-0.4, -0.2) is 67.5 Å². The molecule has 0 aliphatic heterocycles. The molecular formula is C35H32N2O11. The van der Waals surface area contributed by atoms with Crippen molar-refractivity contribution in [2.45, 2.75) is 32.6 Å². The highest BCUT2D eigenvalue weighted by atomic mass is 16.5. The molecule has 0 heterocycles. The van der Waals surface area contributed by atoms with Gasteiger partial charge in [-0.2, -0.15) is 0 Å². The van der Waals surface area contributed by atoms with Gasteiger partial charge in [-0.05, 0) is 19.2 Å². The Hall–Kier alpha value is -5.85. The number of ketones is 1. The molecule has 6 rings (SSSR count). The smallest absolute Gasteiger partial charge is 0.305 e. The lowest BCUT2D eigenvalue weighted by molar-refractivity contribution is -0.137. The lowest BCUT2D eigenvalue weighted by Gasteiger charge is -2.26. The number of Topliss-reactive ketones (excluding diaryl/α,β-unsaturated/α-hetero) is 1. The maximum absolute atomic E-state index is 14.2. The minimum Gasteiger partial charge on any atom is -0.504 e. The Kier molecular flexibility index (Phi) is 7.86. The Bertz CT molecular complexity index is 2360. The number of nitrogens with one attached hydrogen (secondary N) is 2. The van der Waals surface area contributed by atoms with Gasteiger partial charge in [0, 0.05) is 63.3 Å². The van der Waals surface area contributed by atoms with Gasteiger partial charge in [0.1, 0.15) is 17.3 Å². The van der Waals surface area contributed by atoms with Crippen molar-refractivity contribution in [3.8, 4) is 23.0 Å². The number of ether oxygens (including phenoxy) is 3. The normalized spacial score (nSPS) is 14.0. The van der Waals surface area contributed by atoms with E-state index in [-0.39, 0.29) is 76.4 Å². The molecule has 0 aromatic heterocycles. The van der Waals surface area contributed by atoms with E-state index in [0.717, 1.165) is 0 Å². The second-order valence-electron chi connectivity index (χ2n) is 11.7. The summed E-state index contributed by atoms with van der Waals surface area (Å²) in [5.74, 6) is -3.71. The van der Waals surface area contributed by atoms with Crippen LogP contribution in [-0.2, 0) is 14.4 Å². The van der Waals surface area contributed by atoms with E-state index >= 15 is 0 Å². The molecule has 1 atom stereocenters. The zero-order chi connectivity index (χ0) is 34.8. The number of phenols is 1. The Morgan fingerprint density at radius 3 is 1.75 bits per heavy atom. The molecule has 5 N–H and O–H groups in total. The number of aliphatic carboxylic acids is 2.